The lowest BCUT2D eigenvalue weighted by Gasteiger charge is -2.71. The Morgan fingerprint density at radius 2 is 1.72 bits per heavy atom. The highest BCUT2D eigenvalue weighted by Gasteiger charge is 2.75. The molecule has 5 aliphatic rings. The number of ketones is 2. The first-order chi connectivity index (χ1) is 19.8. The second-order valence-corrected chi connectivity index (χ2v) is 16.2. The van der Waals surface area contributed by atoms with Gasteiger partial charge in [-0.25, -0.2) is 0 Å². The van der Waals surface area contributed by atoms with Crippen molar-refractivity contribution in [3.05, 3.63) is 41.3 Å². The molecule has 5 aliphatic carbocycles. The van der Waals surface area contributed by atoms with Gasteiger partial charge in [-0.2, -0.15) is 10.4 Å². The van der Waals surface area contributed by atoms with E-state index in [2.05, 4.69) is 44.2 Å². The Morgan fingerprint density at radius 3 is 2.35 bits per heavy atom. The van der Waals surface area contributed by atoms with Crippen LogP contribution in [0.4, 0.5) is 0 Å². The van der Waals surface area contributed by atoms with Crippen LogP contribution >= 0.6 is 0 Å². The average Bonchev–Trinajstić information content (AvgIpc) is 3.37. The van der Waals surface area contributed by atoms with Crippen LogP contribution in [0, 0.1) is 50.2 Å². The van der Waals surface area contributed by atoms with Crippen molar-refractivity contribution in [2.75, 3.05) is 0 Å². The molecule has 1 heterocycles. The molecule has 0 radical (unpaired) electrons. The number of nitrogens with one attached hydrogen (secondary N) is 1. The predicted octanol–water partition coefficient (Wildman–Crippen LogP) is 5.24. The third-order valence-corrected chi connectivity index (χ3v) is 13.7. The number of carbonyl (C=O) groups is 3. The summed E-state index contributed by atoms with van der Waals surface area (Å²) in [5.74, 6) is -1.02. The molecule has 2 N–H and O–H groups in total. The van der Waals surface area contributed by atoms with Gasteiger partial charge in [0.15, 0.2) is 11.6 Å². The van der Waals surface area contributed by atoms with Crippen molar-refractivity contribution in [3.8, 4) is 6.07 Å². The lowest BCUT2D eigenvalue weighted by molar-refractivity contribution is -0.240. The summed E-state index contributed by atoms with van der Waals surface area (Å²) in [6.45, 7) is 14.5. The van der Waals surface area contributed by atoms with Crippen LogP contribution in [-0.2, 0) is 16.6 Å². The summed E-state index contributed by atoms with van der Waals surface area (Å²) in [6.07, 6.45) is 10.3. The number of amides is 1. The van der Waals surface area contributed by atoms with Crippen molar-refractivity contribution in [2.24, 2.45) is 46.0 Å². The zero-order chi connectivity index (χ0) is 31.6. The highest BCUT2D eigenvalue weighted by Crippen LogP contribution is 2.75. The van der Waals surface area contributed by atoms with E-state index in [-0.39, 0.29) is 40.3 Å². The van der Waals surface area contributed by atoms with Crippen molar-refractivity contribution in [1.29, 1.82) is 5.26 Å². The molecule has 0 bridgehead atoms. The van der Waals surface area contributed by atoms with Crippen LogP contribution in [0.3, 0.4) is 0 Å². The Hall–Kier alpha value is -3.05. The number of aryl methyl sites for hydroxylation is 1. The molecule has 0 aromatic carbocycles. The number of rotatable bonds is 2. The second kappa shape index (κ2) is 8.78. The Morgan fingerprint density at radius 1 is 1.05 bits per heavy atom. The van der Waals surface area contributed by atoms with Gasteiger partial charge >= 0.3 is 0 Å². The third kappa shape index (κ3) is 3.58. The summed E-state index contributed by atoms with van der Waals surface area (Å²) < 4.78 is 1.55. The quantitative estimate of drug-likeness (QED) is 0.489. The standard InChI is InChI=1S/C35H46N4O4/c1-29(2)23-9-11-33(6)24(32(23,5)18-21(20-36)27(29)41)17-26(40)35(43)25-19-31(4,38-28(42)22-10-16-37-39(22)8)14-12-30(25,3)13-15-34(33,35)7/h10,16-18,23,25,43H,9,11-15,19H2,1-8H3,(H,38,42)/t23-,25+,30-,31-,32-,33+,34-,35+/m0/s1. The van der Waals surface area contributed by atoms with Crippen LogP contribution in [0.2, 0.25) is 0 Å². The van der Waals surface area contributed by atoms with Gasteiger partial charge in [0, 0.05) is 40.9 Å². The predicted molar refractivity (Wildman–Crippen MR) is 161 cm³/mol. The molecule has 0 spiro atoms. The Bertz CT molecular complexity index is 1560. The number of Topliss-reactive ketones (excluding diaryl/α,β-unsaturated/α-hetero) is 1. The average molecular weight is 587 g/mol. The third-order valence-electron chi connectivity index (χ3n) is 13.7. The monoisotopic (exact) mass is 586 g/mol. The minimum Gasteiger partial charge on any atom is -0.381 e. The van der Waals surface area contributed by atoms with Gasteiger partial charge in [0.2, 0.25) is 0 Å². The molecular weight excluding hydrogens is 540 g/mol. The SMILES string of the molecule is Cn1nccc1C(=O)N[C@@]1(C)CC[C@@]2(C)CC[C@@]3(C)[C@]4(C)CC[C@H]5C(C)(C)C(=O)C(C#N)=C[C@]5(C)C4=CC(=O)[C@]3(O)[C@@H]2C1. The molecule has 8 atom stereocenters. The van der Waals surface area contributed by atoms with E-state index in [1.54, 1.807) is 30.1 Å². The zero-order valence-corrected chi connectivity index (χ0v) is 26.9. The second-order valence-electron chi connectivity index (χ2n) is 16.2. The minimum absolute atomic E-state index is 0.0550. The van der Waals surface area contributed by atoms with Crippen LogP contribution in [0.15, 0.2) is 35.6 Å². The highest BCUT2D eigenvalue weighted by molar-refractivity contribution is 6.05. The van der Waals surface area contributed by atoms with Gasteiger partial charge in [-0.3, -0.25) is 19.1 Å². The topological polar surface area (TPSA) is 125 Å². The number of hydrogen-bond donors (Lipinski definition) is 2. The first-order valence-electron chi connectivity index (χ1n) is 15.8. The molecule has 43 heavy (non-hydrogen) atoms. The van der Waals surface area contributed by atoms with E-state index in [9.17, 15) is 24.8 Å². The molecule has 1 amide bonds. The lowest BCUT2D eigenvalue weighted by Crippen LogP contribution is -2.74. The molecule has 1 aromatic heterocycles. The minimum atomic E-state index is -1.62. The van der Waals surface area contributed by atoms with Crippen LogP contribution in [0.5, 0.6) is 0 Å². The molecule has 0 saturated heterocycles. The lowest BCUT2D eigenvalue weighted by atomic mass is 9.33. The molecule has 3 fully saturated rings. The molecule has 6 rings (SSSR count). The van der Waals surface area contributed by atoms with Crippen molar-refractivity contribution < 1.29 is 19.5 Å². The van der Waals surface area contributed by atoms with Crippen molar-refractivity contribution in [3.63, 3.8) is 0 Å². The number of fused-ring (bicyclic) bond motifs is 7. The maximum atomic E-state index is 14.6. The number of nitrogens with zero attached hydrogens (tertiary/aromatic N) is 3. The van der Waals surface area contributed by atoms with E-state index in [0.29, 0.717) is 18.5 Å². The largest absolute Gasteiger partial charge is 0.381 e. The van der Waals surface area contributed by atoms with Gasteiger partial charge in [-0.05, 0) is 86.3 Å². The van der Waals surface area contributed by atoms with Gasteiger partial charge in [-0.1, -0.05) is 47.6 Å². The fourth-order valence-electron chi connectivity index (χ4n) is 10.8. The molecule has 230 valence electrons. The molecule has 0 aliphatic heterocycles. The van der Waals surface area contributed by atoms with Crippen LogP contribution < -0.4 is 5.32 Å². The van der Waals surface area contributed by atoms with Gasteiger partial charge in [0.1, 0.15) is 17.4 Å². The van der Waals surface area contributed by atoms with Crippen LogP contribution in [-0.4, -0.2) is 43.5 Å². The van der Waals surface area contributed by atoms with E-state index in [1.807, 2.05) is 26.8 Å². The van der Waals surface area contributed by atoms with E-state index in [0.717, 1.165) is 37.7 Å². The molecule has 1 aromatic rings. The fraction of sp³-hybridized carbons (Fsp3) is 0.686. The molecular formula is C35H46N4O4. The number of aromatic nitrogens is 2. The van der Waals surface area contributed by atoms with Gasteiger partial charge in [0.05, 0.1) is 5.57 Å². The van der Waals surface area contributed by atoms with Gasteiger partial charge in [0.25, 0.3) is 5.91 Å². The normalized spacial score (nSPS) is 44.9. The number of allylic oxidation sites excluding steroid dienone is 3. The van der Waals surface area contributed by atoms with Crippen molar-refractivity contribution in [2.45, 2.75) is 105 Å². The summed E-state index contributed by atoms with van der Waals surface area (Å²) in [5, 5.41) is 30.4. The van der Waals surface area contributed by atoms with Crippen LogP contribution in [0.25, 0.3) is 0 Å². The molecule has 8 heteroatoms. The number of hydrogen-bond acceptors (Lipinski definition) is 6. The number of nitriles is 1. The molecule has 3 saturated carbocycles. The Kier molecular flexibility index (Phi) is 6.12. The van der Waals surface area contributed by atoms with E-state index < -0.39 is 32.8 Å². The van der Waals surface area contributed by atoms with Crippen LogP contribution in [0.1, 0.15) is 104 Å². The van der Waals surface area contributed by atoms with E-state index >= 15 is 0 Å². The smallest absolute Gasteiger partial charge is 0.269 e. The Labute approximate surface area is 255 Å². The number of carbonyl (C=O) groups excluding carboxylic acids is 3. The summed E-state index contributed by atoms with van der Waals surface area (Å²) in [7, 11) is 1.74. The summed E-state index contributed by atoms with van der Waals surface area (Å²) in [4.78, 5) is 41.2. The van der Waals surface area contributed by atoms with Crippen molar-refractivity contribution >= 4 is 17.5 Å². The van der Waals surface area contributed by atoms with Crippen molar-refractivity contribution in [1.82, 2.24) is 15.1 Å². The molecule has 0 unspecified atom stereocenters. The summed E-state index contributed by atoms with van der Waals surface area (Å²) >= 11 is 0. The van der Waals surface area contributed by atoms with Gasteiger partial charge in [-0.15, -0.1) is 0 Å². The summed E-state index contributed by atoms with van der Waals surface area (Å²) in [5.41, 5.74) is -3.59. The first-order valence-corrected chi connectivity index (χ1v) is 15.8. The summed E-state index contributed by atoms with van der Waals surface area (Å²) in [6, 6.07) is 3.84. The van der Waals surface area contributed by atoms with E-state index in [4.69, 9.17) is 0 Å². The maximum absolute atomic E-state index is 14.6. The highest BCUT2D eigenvalue weighted by atomic mass is 16.3. The fourth-order valence-corrected chi connectivity index (χ4v) is 10.8. The Balaban J connectivity index is 1.45. The van der Waals surface area contributed by atoms with Gasteiger partial charge < -0.3 is 10.4 Å². The maximum Gasteiger partial charge on any atom is 0.269 e. The number of aliphatic hydroxyl groups is 1. The zero-order valence-electron chi connectivity index (χ0n) is 26.9. The molecule has 8 nitrogen and oxygen atoms in total. The first kappa shape index (κ1) is 30.0. The van der Waals surface area contributed by atoms with E-state index in [1.165, 1.54) is 0 Å².